The average molecular weight is 298 g/mol. The SMILES string of the molecule is CC1CCN(Cc2cc(Cl)ccc2[N+](=O)[O-])CC1CN. The smallest absolute Gasteiger partial charge is 0.273 e. The van der Waals surface area contributed by atoms with Crippen LogP contribution in [0.2, 0.25) is 5.02 Å². The van der Waals surface area contributed by atoms with Crippen molar-refractivity contribution in [3.63, 3.8) is 0 Å². The van der Waals surface area contributed by atoms with Gasteiger partial charge >= 0.3 is 0 Å². The summed E-state index contributed by atoms with van der Waals surface area (Å²) in [6.45, 7) is 5.27. The summed E-state index contributed by atoms with van der Waals surface area (Å²) >= 11 is 5.96. The van der Waals surface area contributed by atoms with E-state index in [-0.39, 0.29) is 10.6 Å². The molecule has 1 aliphatic rings. The third kappa shape index (κ3) is 3.48. The number of rotatable bonds is 4. The fraction of sp³-hybridized carbons (Fsp3) is 0.571. The highest BCUT2D eigenvalue weighted by atomic mass is 35.5. The van der Waals surface area contributed by atoms with Gasteiger partial charge in [0.15, 0.2) is 0 Å². The van der Waals surface area contributed by atoms with Crippen LogP contribution in [0.3, 0.4) is 0 Å². The Bertz CT molecular complexity index is 495. The Kier molecular flexibility index (Phi) is 4.96. The van der Waals surface area contributed by atoms with Crippen molar-refractivity contribution in [1.29, 1.82) is 0 Å². The summed E-state index contributed by atoms with van der Waals surface area (Å²) in [6.07, 6.45) is 1.08. The van der Waals surface area contributed by atoms with Crippen LogP contribution in [0.15, 0.2) is 18.2 Å². The number of nitro benzene ring substituents is 1. The predicted octanol–water partition coefficient (Wildman–Crippen LogP) is 2.66. The number of likely N-dealkylation sites (tertiary alicyclic amines) is 1. The Balaban J connectivity index is 2.13. The van der Waals surface area contributed by atoms with Gasteiger partial charge in [0.25, 0.3) is 5.69 Å². The summed E-state index contributed by atoms with van der Waals surface area (Å²) in [5.74, 6) is 1.08. The Hall–Kier alpha value is -1.17. The largest absolute Gasteiger partial charge is 0.330 e. The van der Waals surface area contributed by atoms with Crippen LogP contribution in [-0.2, 0) is 6.54 Å². The standard InChI is InChI=1S/C14H20ClN3O2/c1-10-4-5-17(9-12(10)7-16)8-11-6-13(15)2-3-14(11)18(19)20/h2-3,6,10,12H,4-5,7-9,16H2,1H3. The second-order valence-corrected chi connectivity index (χ2v) is 5.96. The molecule has 0 radical (unpaired) electrons. The molecule has 0 amide bonds. The van der Waals surface area contributed by atoms with E-state index >= 15 is 0 Å². The third-order valence-corrected chi connectivity index (χ3v) is 4.37. The number of nitrogens with zero attached hydrogens (tertiary/aromatic N) is 2. The molecule has 1 fully saturated rings. The van der Waals surface area contributed by atoms with Crippen LogP contribution in [0.4, 0.5) is 5.69 Å². The molecular weight excluding hydrogens is 278 g/mol. The van der Waals surface area contributed by atoms with Crippen molar-refractivity contribution in [2.45, 2.75) is 19.9 Å². The summed E-state index contributed by atoms with van der Waals surface area (Å²) in [6, 6.07) is 4.73. The molecule has 20 heavy (non-hydrogen) atoms. The van der Waals surface area contributed by atoms with Crippen molar-refractivity contribution in [2.24, 2.45) is 17.6 Å². The minimum Gasteiger partial charge on any atom is -0.330 e. The number of nitro groups is 1. The molecule has 0 aliphatic carbocycles. The second-order valence-electron chi connectivity index (χ2n) is 5.53. The highest BCUT2D eigenvalue weighted by Crippen LogP contribution is 2.28. The molecule has 1 aromatic rings. The van der Waals surface area contributed by atoms with E-state index < -0.39 is 0 Å². The van der Waals surface area contributed by atoms with E-state index in [1.54, 1.807) is 12.1 Å². The van der Waals surface area contributed by atoms with Crippen LogP contribution >= 0.6 is 11.6 Å². The van der Waals surface area contributed by atoms with E-state index in [4.69, 9.17) is 17.3 Å². The zero-order chi connectivity index (χ0) is 14.7. The minimum atomic E-state index is -0.349. The van der Waals surface area contributed by atoms with Crippen LogP contribution in [0.25, 0.3) is 0 Å². The maximum Gasteiger partial charge on any atom is 0.273 e. The number of hydrogen-bond donors (Lipinski definition) is 1. The van der Waals surface area contributed by atoms with Crippen molar-refractivity contribution in [3.8, 4) is 0 Å². The van der Waals surface area contributed by atoms with Gasteiger partial charge in [-0.2, -0.15) is 0 Å². The molecule has 2 rings (SSSR count). The molecule has 2 unspecified atom stereocenters. The fourth-order valence-electron chi connectivity index (χ4n) is 2.77. The summed E-state index contributed by atoms with van der Waals surface area (Å²) in [7, 11) is 0. The molecule has 110 valence electrons. The number of halogens is 1. The van der Waals surface area contributed by atoms with E-state index in [0.717, 1.165) is 19.5 Å². The molecule has 2 N–H and O–H groups in total. The highest BCUT2D eigenvalue weighted by molar-refractivity contribution is 6.30. The van der Waals surface area contributed by atoms with Gasteiger partial charge in [0.2, 0.25) is 0 Å². The normalized spacial score (nSPS) is 23.8. The third-order valence-electron chi connectivity index (χ3n) is 4.13. The number of nitrogens with two attached hydrogens (primary N) is 1. The molecule has 0 saturated carbocycles. The van der Waals surface area contributed by atoms with Gasteiger partial charge in [-0.15, -0.1) is 0 Å². The van der Waals surface area contributed by atoms with Gasteiger partial charge in [0.1, 0.15) is 0 Å². The van der Waals surface area contributed by atoms with Crippen molar-refractivity contribution in [3.05, 3.63) is 38.9 Å². The second kappa shape index (κ2) is 6.52. The van der Waals surface area contributed by atoms with Gasteiger partial charge in [-0.1, -0.05) is 18.5 Å². The van der Waals surface area contributed by atoms with Gasteiger partial charge in [-0.05, 0) is 43.5 Å². The number of piperidine rings is 1. The molecule has 1 aliphatic heterocycles. The van der Waals surface area contributed by atoms with Crippen molar-refractivity contribution < 1.29 is 4.92 Å². The molecule has 0 bridgehead atoms. The lowest BCUT2D eigenvalue weighted by Crippen LogP contribution is -2.42. The molecule has 0 aromatic heterocycles. The van der Waals surface area contributed by atoms with Crippen molar-refractivity contribution >= 4 is 17.3 Å². The summed E-state index contributed by atoms with van der Waals surface area (Å²) in [5.41, 5.74) is 6.61. The first-order chi connectivity index (χ1) is 9.51. The first-order valence-corrected chi connectivity index (χ1v) is 7.24. The Morgan fingerprint density at radius 3 is 2.95 bits per heavy atom. The van der Waals surface area contributed by atoms with E-state index in [2.05, 4.69) is 11.8 Å². The number of benzene rings is 1. The van der Waals surface area contributed by atoms with Gasteiger partial charge in [0, 0.05) is 29.7 Å². The summed E-state index contributed by atoms with van der Waals surface area (Å²) in [4.78, 5) is 13.0. The maximum atomic E-state index is 11.1. The van der Waals surface area contributed by atoms with Crippen molar-refractivity contribution in [1.82, 2.24) is 4.90 Å². The fourth-order valence-corrected chi connectivity index (χ4v) is 2.97. The van der Waals surface area contributed by atoms with Gasteiger partial charge in [-0.3, -0.25) is 15.0 Å². The average Bonchev–Trinajstić information content (AvgIpc) is 2.40. The first-order valence-electron chi connectivity index (χ1n) is 6.86. The summed E-state index contributed by atoms with van der Waals surface area (Å²) in [5, 5.41) is 11.6. The van der Waals surface area contributed by atoms with Gasteiger partial charge < -0.3 is 5.73 Å². The first kappa shape index (κ1) is 15.2. The maximum absolute atomic E-state index is 11.1. The highest BCUT2D eigenvalue weighted by Gasteiger charge is 2.26. The van der Waals surface area contributed by atoms with E-state index in [1.165, 1.54) is 6.07 Å². The van der Waals surface area contributed by atoms with Crippen LogP contribution in [0, 0.1) is 22.0 Å². The lowest BCUT2D eigenvalue weighted by Gasteiger charge is -2.36. The Morgan fingerprint density at radius 2 is 2.30 bits per heavy atom. The molecule has 0 spiro atoms. The molecular formula is C14H20ClN3O2. The zero-order valence-electron chi connectivity index (χ0n) is 11.6. The molecule has 1 aromatic carbocycles. The number of hydrogen-bond acceptors (Lipinski definition) is 4. The minimum absolute atomic E-state index is 0.136. The quantitative estimate of drug-likeness (QED) is 0.685. The van der Waals surface area contributed by atoms with Crippen molar-refractivity contribution in [2.75, 3.05) is 19.6 Å². The lowest BCUT2D eigenvalue weighted by atomic mass is 9.87. The molecule has 1 saturated heterocycles. The Labute approximate surface area is 123 Å². The molecule has 2 atom stereocenters. The van der Waals surface area contributed by atoms with Crippen LogP contribution in [-0.4, -0.2) is 29.5 Å². The monoisotopic (exact) mass is 297 g/mol. The molecule has 5 nitrogen and oxygen atoms in total. The topological polar surface area (TPSA) is 72.4 Å². The van der Waals surface area contributed by atoms with Crippen LogP contribution in [0.1, 0.15) is 18.9 Å². The van der Waals surface area contributed by atoms with Gasteiger partial charge in [-0.25, -0.2) is 0 Å². The van der Waals surface area contributed by atoms with E-state index in [0.29, 0.717) is 35.5 Å². The molecule has 6 heteroatoms. The predicted molar refractivity (Wildman–Crippen MR) is 79.7 cm³/mol. The van der Waals surface area contributed by atoms with Crippen LogP contribution < -0.4 is 5.73 Å². The molecule has 1 heterocycles. The van der Waals surface area contributed by atoms with Crippen LogP contribution in [0.5, 0.6) is 0 Å². The summed E-state index contributed by atoms with van der Waals surface area (Å²) < 4.78 is 0. The van der Waals surface area contributed by atoms with E-state index in [9.17, 15) is 10.1 Å². The lowest BCUT2D eigenvalue weighted by molar-refractivity contribution is -0.385. The van der Waals surface area contributed by atoms with E-state index in [1.807, 2.05) is 0 Å². The van der Waals surface area contributed by atoms with Gasteiger partial charge in [0.05, 0.1) is 4.92 Å². The Morgan fingerprint density at radius 1 is 1.55 bits per heavy atom. The zero-order valence-corrected chi connectivity index (χ0v) is 12.3.